The zero-order valence-corrected chi connectivity index (χ0v) is 14.8. The molecule has 4 heteroatoms. The number of aromatic nitrogens is 1. The van der Waals surface area contributed by atoms with E-state index in [1.807, 2.05) is 6.20 Å². The molecule has 5 unspecified atom stereocenters. The van der Waals surface area contributed by atoms with Gasteiger partial charge in [0.05, 0.1) is 0 Å². The van der Waals surface area contributed by atoms with Crippen LogP contribution in [0.25, 0.3) is 0 Å². The number of thioether (sulfide) groups is 2. The minimum Gasteiger partial charge on any atom is -0.315 e. The summed E-state index contributed by atoms with van der Waals surface area (Å²) in [7, 11) is 2.13. The molecule has 5 atom stereocenters. The molecule has 0 radical (unpaired) electrons. The molecule has 0 spiro atoms. The van der Waals surface area contributed by atoms with Crippen LogP contribution in [0.3, 0.4) is 0 Å². The van der Waals surface area contributed by atoms with Crippen LogP contribution in [-0.4, -0.2) is 39.6 Å². The van der Waals surface area contributed by atoms with Crippen molar-refractivity contribution in [2.24, 2.45) is 0 Å². The van der Waals surface area contributed by atoms with Gasteiger partial charge >= 0.3 is 0 Å². The van der Waals surface area contributed by atoms with E-state index in [1.165, 1.54) is 36.3 Å². The summed E-state index contributed by atoms with van der Waals surface area (Å²) < 4.78 is 0. The van der Waals surface area contributed by atoms with E-state index in [9.17, 15) is 0 Å². The predicted octanol–water partition coefficient (Wildman–Crippen LogP) is 3.72. The standard InChI is InChI=1S/C17H26N2S2/c1-11-12(2)21-15(10-20-11)17(18-3)14-8-4-6-13-7-5-9-19-16(13)14/h5,7,9,11-12,14-15,17-18H,4,6,8,10H2,1-3H3. The predicted molar refractivity (Wildman–Crippen MR) is 95.5 cm³/mol. The Kier molecular flexibility index (Phi) is 5.18. The molecule has 1 aliphatic carbocycles. The minimum atomic E-state index is 0.548. The number of fused-ring (bicyclic) bond motifs is 1. The first-order valence-electron chi connectivity index (χ1n) is 8.09. The zero-order valence-electron chi connectivity index (χ0n) is 13.2. The molecule has 2 aliphatic rings. The fraction of sp³-hybridized carbons (Fsp3) is 0.706. The van der Waals surface area contributed by atoms with Crippen molar-refractivity contribution in [3.63, 3.8) is 0 Å². The molecule has 116 valence electrons. The number of likely N-dealkylation sites (N-methyl/N-ethyl adjacent to an activating group) is 1. The molecule has 1 aromatic heterocycles. The second-order valence-corrected chi connectivity index (χ2v) is 9.31. The van der Waals surface area contributed by atoms with Crippen molar-refractivity contribution in [1.29, 1.82) is 0 Å². The normalized spacial score (nSPS) is 34.2. The molecule has 3 rings (SSSR count). The molecule has 0 saturated carbocycles. The quantitative estimate of drug-likeness (QED) is 0.917. The van der Waals surface area contributed by atoms with E-state index < -0.39 is 0 Å². The highest BCUT2D eigenvalue weighted by Crippen LogP contribution is 2.42. The first-order chi connectivity index (χ1) is 10.2. The van der Waals surface area contributed by atoms with Gasteiger partial charge in [0.1, 0.15) is 0 Å². The zero-order chi connectivity index (χ0) is 14.8. The highest BCUT2D eigenvalue weighted by molar-refractivity contribution is 8.07. The van der Waals surface area contributed by atoms with Crippen LogP contribution >= 0.6 is 23.5 Å². The van der Waals surface area contributed by atoms with Crippen molar-refractivity contribution in [3.05, 3.63) is 29.6 Å². The van der Waals surface area contributed by atoms with E-state index in [4.69, 9.17) is 4.98 Å². The molecule has 1 saturated heterocycles. The van der Waals surface area contributed by atoms with Gasteiger partial charge in [0.15, 0.2) is 0 Å². The Bertz CT molecular complexity index is 480. The summed E-state index contributed by atoms with van der Waals surface area (Å²) in [5.74, 6) is 1.85. The largest absolute Gasteiger partial charge is 0.315 e. The van der Waals surface area contributed by atoms with Crippen LogP contribution in [0.4, 0.5) is 0 Å². The molecule has 1 aromatic rings. The second-order valence-electron chi connectivity index (χ2n) is 6.28. The summed E-state index contributed by atoms with van der Waals surface area (Å²) in [6.45, 7) is 4.75. The van der Waals surface area contributed by atoms with E-state index in [-0.39, 0.29) is 0 Å². The van der Waals surface area contributed by atoms with Gasteiger partial charge < -0.3 is 5.32 Å². The Balaban J connectivity index is 1.81. The lowest BCUT2D eigenvalue weighted by molar-refractivity contribution is 0.403. The summed E-state index contributed by atoms with van der Waals surface area (Å²) >= 11 is 4.33. The van der Waals surface area contributed by atoms with Crippen LogP contribution in [0.15, 0.2) is 18.3 Å². The van der Waals surface area contributed by atoms with Gasteiger partial charge in [-0.2, -0.15) is 23.5 Å². The SMILES string of the molecule is CNC(C1CSC(C)C(C)S1)C1CCCc2cccnc21. The van der Waals surface area contributed by atoms with Crippen LogP contribution in [0, 0.1) is 0 Å². The molecule has 1 fully saturated rings. The van der Waals surface area contributed by atoms with Crippen LogP contribution in [0.5, 0.6) is 0 Å². The Morgan fingerprint density at radius 1 is 1.33 bits per heavy atom. The number of nitrogens with one attached hydrogen (secondary N) is 1. The Labute approximate surface area is 137 Å². The molecule has 1 N–H and O–H groups in total. The van der Waals surface area contributed by atoms with Crippen molar-refractivity contribution in [3.8, 4) is 0 Å². The molecule has 1 aliphatic heterocycles. The average molecular weight is 323 g/mol. The van der Waals surface area contributed by atoms with Gasteiger partial charge in [-0.25, -0.2) is 0 Å². The number of pyridine rings is 1. The second kappa shape index (κ2) is 6.93. The maximum atomic E-state index is 4.74. The average Bonchev–Trinajstić information content (AvgIpc) is 2.52. The highest BCUT2D eigenvalue weighted by atomic mass is 32.2. The van der Waals surface area contributed by atoms with Crippen LogP contribution in [0.1, 0.15) is 43.9 Å². The van der Waals surface area contributed by atoms with Gasteiger partial charge in [0, 0.05) is 45.4 Å². The minimum absolute atomic E-state index is 0.548. The number of aryl methyl sites for hydroxylation is 1. The van der Waals surface area contributed by atoms with Crippen molar-refractivity contribution in [2.75, 3.05) is 12.8 Å². The third-order valence-corrected chi connectivity index (χ3v) is 8.50. The Morgan fingerprint density at radius 3 is 2.95 bits per heavy atom. The molecular formula is C17H26N2S2. The number of nitrogens with zero attached hydrogens (tertiary/aromatic N) is 1. The number of hydrogen-bond acceptors (Lipinski definition) is 4. The summed E-state index contributed by atoms with van der Waals surface area (Å²) in [6.07, 6.45) is 5.76. The lowest BCUT2D eigenvalue weighted by Gasteiger charge is -2.40. The molecular weight excluding hydrogens is 296 g/mol. The van der Waals surface area contributed by atoms with Gasteiger partial charge in [0.2, 0.25) is 0 Å². The summed E-state index contributed by atoms with van der Waals surface area (Å²) in [5.41, 5.74) is 2.84. The van der Waals surface area contributed by atoms with E-state index in [0.717, 1.165) is 10.5 Å². The maximum absolute atomic E-state index is 4.74. The lowest BCUT2D eigenvalue weighted by atomic mass is 9.81. The molecule has 2 heterocycles. The first kappa shape index (κ1) is 15.7. The fourth-order valence-electron chi connectivity index (χ4n) is 3.64. The van der Waals surface area contributed by atoms with Crippen LogP contribution < -0.4 is 5.32 Å². The van der Waals surface area contributed by atoms with E-state index >= 15 is 0 Å². The third kappa shape index (κ3) is 3.27. The smallest absolute Gasteiger partial charge is 0.0482 e. The van der Waals surface area contributed by atoms with E-state index in [0.29, 0.717) is 17.2 Å². The van der Waals surface area contributed by atoms with Gasteiger partial charge in [-0.05, 0) is 37.9 Å². The van der Waals surface area contributed by atoms with E-state index in [2.05, 4.69) is 61.9 Å². The van der Waals surface area contributed by atoms with Crippen LogP contribution in [0.2, 0.25) is 0 Å². The molecule has 0 aromatic carbocycles. The van der Waals surface area contributed by atoms with Gasteiger partial charge in [-0.15, -0.1) is 0 Å². The summed E-state index contributed by atoms with van der Waals surface area (Å²) in [4.78, 5) is 4.74. The number of hydrogen-bond donors (Lipinski definition) is 1. The highest BCUT2D eigenvalue weighted by Gasteiger charge is 2.37. The monoisotopic (exact) mass is 322 g/mol. The van der Waals surface area contributed by atoms with Crippen molar-refractivity contribution in [2.45, 2.75) is 60.8 Å². The topological polar surface area (TPSA) is 24.9 Å². The molecule has 0 bridgehead atoms. The molecule has 2 nitrogen and oxygen atoms in total. The molecule has 0 amide bonds. The summed E-state index contributed by atoms with van der Waals surface area (Å²) in [5, 5.41) is 5.87. The third-order valence-electron chi connectivity index (χ3n) is 4.98. The fourth-order valence-corrected chi connectivity index (χ4v) is 6.85. The van der Waals surface area contributed by atoms with Crippen molar-refractivity contribution >= 4 is 23.5 Å². The summed E-state index contributed by atoms with van der Waals surface area (Å²) in [6, 6.07) is 4.91. The maximum Gasteiger partial charge on any atom is 0.0482 e. The van der Waals surface area contributed by atoms with E-state index in [1.54, 1.807) is 0 Å². The van der Waals surface area contributed by atoms with Gasteiger partial charge in [0.25, 0.3) is 0 Å². The lowest BCUT2D eigenvalue weighted by Crippen LogP contribution is -2.46. The van der Waals surface area contributed by atoms with Crippen molar-refractivity contribution < 1.29 is 0 Å². The Hall–Kier alpha value is -0.190. The van der Waals surface area contributed by atoms with Gasteiger partial charge in [-0.3, -0.25) is 4.98 Å². The first-order valence-corrected chi connectivity index (χ1v) is 10.1. The van der Waals surface area contributed by atoms with Crippen LogP contribution in [-0.2, 0) is 6.42 Å². The van der Waals surface area contributed by atoms with Gasteiger partial charge in [-0.1, -0.05) is 19.9 Å². The number of rotatable bonds is 3. The van der Waals surface area contributed by atoms with Crippen molar-refractivity contribution in [1.82, 2.24) is 10.3 Å². The molecule has 21 heavy (non-hydrogen) atoms. The Morgan fingerprint density at radius 2 is 2.19 bits per heavy atom.